The molecule has 0 radical (unpaired) electrons. The van der Waals surface area contributed by atoms with Crippen LogP contribution >= 0.6 is 0 Å². The van der Waals surface area contributed by atoms with Crippen molar-refractivity contribution >= 4 is 11.2 Å². The Morgan fingerprint density at radius 3 is 2.67 bits per heavy atom. The summed E-state index contributed by atoms with van der Waals surface area (Å²) in [7, 11) is 1.90. The minimum absolute atomic E-state index is 0.810. The maximum absolute atomic E-state index is 4.49. The Balaban J connectivity index is 0.000000574. The van der Waals surface area contributed by atoms with Gasteiger partial charge in [0.1, 0.15) is 5.52 Å². The van der Waals surface area contributed by atoms with Crippen molar-refractivity contribution in [3.8, 4) is 11.1 Å². The standard InChI is InChI=1S/C11H11N5.C2H6/c1-7-3-12-11-10(15-7)9(5-13-11)8-4-14-16(2)6-8;1-2/h3-6H,1-2H3,(H,12,13);1-2H3. The average molecular weight is 243 g/mol. The van der Waals surface area contributed by atoms with Gasteiger partial charge in [0.15, 0.2) is 5.65 Å². The van der Waals surface area contributed by atoms with Crippen molar-refractivity contribution in [2.24, 2.45) is 7.05 Å². The molecule has 18 heavy (non-hydrogen) atoms. The van der Waals surface area contributed by atoms with Crippen LogP contribution in [-0.4, -0.2) is 24.7 Å². The van der Waals surface area contributed by atoms with Crippen molar-refractivity contribution in [1.82, 2.24) is 24.7 Å². The fourth-order valence-electron chi connectivity index (χ4n) is 1.76. The molecule has 0 saturated heterocycles. The molecule has 0 saturated carbocycles. The molecular weight excluding hydrogens is 226 g/mol. The molecule has 1 N–H and O–H groups in total. The fourth-order valence-corrected chi connectivity index (χ4v) is 1.76. The summed E-state index contributed by atoms with van der Waals surface area (Å²) in [5.74, 6) is 0. The van der Waals surface area contributed by atoms with Crippen LogP contribution in [0.3, 0.4) is 0 Å². The predicted octanol–water partition coefficient (Wildman–Crippen LogP) is 2.69. The van der Waals surface area contributed by atoms with Crippen molar-refractivity contribution < 1.29 is 0 Å². The lowest BCUT2D eigenvalue weighted by atomic mass is 10.2. The Morgan fingerprint density at radius 2 is 2.00 bits per heavy atom. The van der Waals surface area contributed by atoms with E-state index < -0.39 is 0 Å². The normalized spacial score (nSPS) is 10.2. The number of nitrogens with zero attached hydrogens (tertiary/aromatic N) is 4. The Morgan fingerprint density at radius 1 is 1.22 bits per heavy atom. The molecule has 3 aromatic heterocycles. The topological polar surface area (TPSA) is 59.4 Å². The van der Waals surface area contributed by atoms with Crippen LogP contribution in [0.25, 0.3) is 22.3 Å². The van der Waals surface area contributed by atoms with Crippen molar-refractivity contribution in [2.75, 3.05) is 0 Å². The number of hydrogen-bond donors (Lipinski definition) is 1. The quantitative estimate of drug-likeness (QED) is 0.714. The molecule has 0 aliphatic carbocycles. The second-order valence-corrected chi connectivity index (χ2v) is 3.81. The molecule has 94 valence electrons. The van der Waals surface area contributed by atoms with Crippen LogP contribution in [0, 0.1) is 6.92 Å². The Bertz CT molecular complexity index is 650. The summed E-state index contributed by atoms with van der Waals surface area (Å²) in [6.45, 7) is 5.94. The van der Waals surface area contributed by atoms with E-state index in [-0.39, 0.29) is 0 Å². The van der Waals surface area contributed by atoms with Crippen molar-refractivity contribution in [3.63, 3.8) is 0 Å². The van der Waals surface area contributed by atoms with Crippen molar-refractivity contribution in [3.05, 3.63) is 30.5 Å². The molecule has 0 amide bonds. The van der Waals surface area contributed by atoms with E-state index in [0.717, 1.165) is 28.0 Å². The van der Waals surface area contributed by atoms with E-state index in [9.17, 15) is 0 Å². The highest BCUT2D eigenvalue weighted by Gasteiger charge is 2.09. The molecule has 0 bridgehead atoms. The highest BCUT2D eigenvalue weighted by Crippen LogP contribution is 2.25. The molecule has 3 aromatic rings. The molecule has 0 spiro atoms. The molecule has 3 rings (SSSR count). The van der Waals surface area contributed by atoms with E-state index in [1.54, 1.807) is 10.9 Å². The first-order valence-corrected chi connectivity index (χ1v) is 6.04. The molecular formula is C13H17N5. The second-order valence-electron chi connectivity index (χ2n) is 3.81. The number of hydrogen-bond acceptors (Lipinski definition) is 3. The predicted molar refractivity (Wildman–Crippen MR) is 72.2 cm³/mol. The third kappa shape index (κ3) is 2.11. The van der Waals surface area contributed by atoms with Crippen molar-refractivity contribution in [1.29, 1.82) is 0 Å². The maximum Gasteiger partial charge on any atom is 0.156 e. The minimum atomic E-state index is 0.810. The minimum Gasteiger partial charge on any atom is -0.344 e. The Kier molecular flexibility index (Phi) is 3.41. The Labute approximate surface area is 106 Å². The highest BCUT2D eigenvalue weighted by atomic mass is 15.2. The van der Waals surface area contributed by atoms with Gasteiger partial charge in [0, 0.05) is 30.6 Å². The van der Waals surface area contributed by atoms with Gasteiger partial charge in [-0.15, -0.1) is 0 Å². The highest BCUT2D eigenvalue weighted by molar-refractivity contribution is 5.89. The molecule has 5 heteroatoms. The third-order valence-electron chi connectivity index (χ3n) is 2.52. The number of rotatable bonds is 1. The largest absolute Gasteiger partial charge is 0.344 e. The summed E-state index contributed by atoms with van der Waals surface area (Å²) in [5.41, 5.74) is 4.71. The van der Waals surface area contributed by atoms with Crippen LogP contribution in [0.4, 0.5) is 0 Å². The summed E-state index contributed by atoms with van der Waals surface area (Å²) in [5, 5.41) is 4.16. The summed E-state index contributed by atoms with van der Waals surface area (Å²) >= 11 is 0. The molecule has 5 nitrogen and oxygen atoms in total. The van der Waals surface area contributed by atoms with Gasteiger partial charge in [-0.25, -0.2) is 9.97 Å². The van der Waals surface area contributed by atoms with E-state index in [2.05, 4.69) is 20.1 Å². The van der Waals surface area contributed by atoms with Crippen LogP contribution in [0.1, 0.15) is 19.5 Å². The number of nitrogens with one attached hydrogen (secondary N) is 1. The zero-order valence-electron chi connectivity index (χ0n) is 11.1. The Hall–Kier alpha value is -2.17. The van der Waals surface area contributed by atoms with E-state index in [4.69, 9.17) is 0 Å². The van der Waals surface area contributed by atoms with Crippen LogP contribution in [0.5, 0.6) is 0 Å². The van der Waals surface area contributed by atoms with Gasteiger partial charge >= 0.3 is 0 Å². The third-order valence-corrected chi connectivity index (χ3v) is 2.52. The first kappa shape index (κ1) is 12.3. The van der Waals surface area contributed by atoms with E-state index >= 15 is 0 Å². The number of fused-ring (bicyclic) bond motifs is 1. The summed E-state index contributed by atoms with van der Waals surface area (Å²) in [6, 6.07) is 0. The lowest BCUT2D eigenvalue weighted by molar-refractivity contribution is 0.768. The van der Waals surface area contributed by atoms with E-state index in [1.807, 2.05) is 46.4 Å². The lowest BCUT2D eigenvalue weighted by Gasteiger charge is -1.94. The number of aryl methyl sites for hydroxylation is 2. The van der Waals surface area contributed by atoms with Gasteiger partial charge in [-0.1, -0.05) is 13.8 Å². The van der Waals surface area contributed by atoms with Crippen LogP contribution in [0.15, 0.2) is 24.8 Å². The van der Waals surface area contributed by atoms with Crippen molar-refractivity contribution in [2.45, 2.75) is 20.8 Å². The maximum atomic E-state index is 4.49. The summed E-state index contributed by atoms with van der Waals surface area (Å²) in [6.07, 6.45) is 7.46. The van der Waals surface area contributed by atoms with Crippen LogP contribution in [0.2, 0.25) is 0 Å². The fraction of sp³-hybridized carbons (Fsp3) is 0.308. The van der Waals surface area contributed by atoms with Gasteiger partial charge in [0.25, 0.3) is 0 Å². The van der Waals surface area contributed by atoms with Gasteiger partial charge < -0.3 is 4.98 Å². The second kappa shape index (κ2) is 5.00. The molecule has 0 atom stereocenters. The lowest BCUT2D eigenvalue weighted by Crippen LogP contribution is -1.86. The van der Waals surface area contributed by atoms with Crippen LogP contribution < -0.4 is 0 Å². The van der Waals surface area contributed by atoms with Gasteiger partial charge in [0.2, 0.25) is 0 Å². The average Bonchev–Trinajstić information content (AvgIpc) is 2.97. The van der Waals surface area contributed by atoms with Gasteiger partial charge in [0.05, 0.1) is 18.1 Å². The number of H-pyrrole nitrogens is 1. The number of aromatic amines is 1. The molecule has 0 aliphatic rings. The molecule has 0 aromatic carbocycles. The van der Waals surface area contributed by atoms with Gasteiger partial charge in [-0.05, 0) is 6.92 Å². The van der Waals surface area contributed by atoms with Crippen LogP contribution in [-0.2, 0) is 7.05 Å². The zero-order chi connectivity index (χ0) is 13.1. The summed E-state index contributed by atoms with van der Waals surface area (Å²) in [4.78, 5) is 11.9. The SMILES string of the molecule is CC.Cc1cnc2[nH]cc(-c3cnn(C)c3)c2n1. The molecule has 0 fully saturated rings. The van der Waals surface area contributed by atoms with E-state index in [1.165, 1.54) is 0 Å². The van der Waals surface area contributed by atoms with Gasteiger partial charge in [-0.2, -0.15) is 5.10 Å². The zero-order valence-corrected chi connectivity index (χ0v) is 11.1. The smallest absolute Gasteiger partial charge is 0.156 e. The molecule has 3 heterocycles. The van der Waals surface area contributed by atoms with E-state index in [0.29, 0.717) is 0 Å². The monoisotopic (exact) mass is 243 g/mol. The molecule has 0 aliphatic heterocycles. The van der Waals surface area contributed by atoms with Gasteiger partial charge in [-0.3, -0.25) is 4.68 Å². The summed E-state index contributed by atoms with van der Waals surface area (Å²) < 4.78 is 1.78. The molecule has 0 unspecified atom stereocenters. The first-order valence-electron chi connectivity index (χ1n) is 6.04. The number of aromatic nitrogens is 5. The first-order chi connectivity index (χ1) is 8.74.